The molecule has 104 heavy (non-hydrogen) atoms. The monoisotopic (exact) mass is 1430 g/mol. The van der Waals surface area contributed by atoms with Crippen molar-refractivity contribution in [1.29, 1.82) is 0 Å². The Morgan fingerprint density at radius 2 is 0.971 bits per heavy atom. The van der Waals surface area contributed by atoms with Crippen LogP contribution >= 0.6 is 0 Å². The summed E-state index contributed by atoms with van der Waals surface area (Å²) in [4.78, 5) is 34.4. The number of sulfonamides is 1. The summed E-state index contributed by atoms with van der Waals surface area (Å²) in [5.74, 6) is 4.88. The Kier molecular flexibility index (Phi) is 22.6. The van der Waals surface area contributed by atoms with Crippen LogP contribution in [0.3, 0.4) is 0 Å². The molecule has 5 N–H and O–H groups in total. The van der Waals surface area contributed by atoms with E-state index in [2.05, 4.69) is 62.2 Å². The molecule has 0 amide bonds. The molecule has 0 unspecified atom stereocenters. The Morgan fingerprint density at radius 3 is 1.40 bits per heavy atom. The average Bonchev–Trinajstić information content (AvgIpc) is 0.828. The molecule has 14 rings (SSSR count). The van der Waals surface area contributed by atoms with Crippen molar-refractivity contribution >= 4 is 83.3 Å². The summed E-state index contributed by atoms with van der Waals surface area (Å²) in [6, 6.07) is 34.6. The lowest BCUT2D eigenvalue weighted by molar-refractivity contribution is 0.201. The number of aliphatic hydroxyl groups is 2. The van der Waals surface area contributed by atoms with Crippen molar-refractivity contribution in [3.05, 3.63) is 171 Å². The zero-order valence-electron chi connectivity index (χ0n) is 58.6. The number of ether oxygens (including phenoxy) is 6. The first-order valence-electron chi connectivity index (χ1n) is 33.2. The van der Waals surface area contributed by atoms with Gasteiger partial charge in [-0.05, 0) is 80.3 Å². The first kappa shape index (κ1) is 71.8. The molecular formula is C73H79N19O11S. The number of aromatic nitrogens is 14. The predicted molar refractivity (Wildman–Crippen MR) is 395 cm³/mol. The largest absolute Gasteiger partial charge is 0.497 e. The third kappa shape index (κ3) is 17.8. The molecule has 30 nitrogen and oxygen atoms in total. The fourth-order valence-electron chi connectivity index (χ4n) is 11.3. The van der Waals surface area contributed by atoms with E-state index < -0.39 is 10.0 Å². The molecule has 1 aliphatic carbocycles. The molecule has 538 valence electrons. The van der Waals surface area contributed by atoms with Crippen LogP contribution in [0.1, 0.15) is 25.7 Å². The topological polar surface area (TPSA) is 347 Å². The maximum Gasteiger partial charge on any atom is 0.312 e. The van der Waals surface area contributed by atoms with Gasteiger partial charge in [0.15, 0.2) is 0 Å². The minimum absolute atomic E-state index is 0.00339. The van der Waals surface area contributed by atoms with Crippen LogP contribution in [0.2, 0.25) is 0 Å². The smallest absolute Gasteiger partial charge is 0.312 e. The number of fused-ring (bicyclic) bond motifs is 3. The van der Waals surface area contributed by atoms with Gasteiger partial charge in [-0.15, -0.1) is 5.10 Å². The second kappa shape index (κ2) is 32.7. The van der Waals surface area contributed by atoms with Gasteiger partial charge in [0.1, 0.15) is 47.6 Å². The molecular weight excluding hydrogens is 1350 g/mol. The van der Waals surface area contributed by atoms with Crippen molar-refractivity contribution in [2.45, 2.75) is 32.9 Å². The lowest BCUT2D eigenvalue weighted by Gasteiger charge is -2.26. The van der Waals surface area contributed by atoms with Crippen molar-refractivity contribution in [3.63, 3.8) is 0 Å². The van der Waals surface area contributed by atoms with E-state index in [0.29, 0.717) is 70.6 Å². The van der Waals surface area contributed by atoms with Gasteiger partial charge in [-0.25, -0.2) is 28.1 Å². The third-order valence-corrected chi connectivity index (χ3v) is 18.2. The lowest BCUT2D eigenvalue weighted by atomic mass is 10.1. The molecule has 1 saturated carbocycles. The molecule has 1 fully saturated rings. The van der Waals surface area contributed by atoms with Gasteiger partial charge in [0, 0.05) is 158 Å². The van der Waals surface area contributed by atoms with E-state index >= 15 is 0 Å². The van der Waals surface area contributed by atoms with Crippen LogP contribution in [0.5, 0.6) is 34.5 Å². The molecule has 0 bridgehead atoms. The number of benzene rings is 6. The van der Waals surface area contributed by atoms with E-state index in [0.717, 1.165) is 96.3 Å². The fraction of sp³-hybridized carbons (Fsp3) is 0.274. The Morgan fingerprint density at radius 1 is 0.529 bits per heavy atom. The lowest BCUT2D eigenvalue weighted by Crippen LogP contribution is -2.33. The summed E-state index contributed by atoms with van der Waals surface area (Å²) in [6.07, 6.45) is 18.5. The molecule has 6 aromatic carbocycles. The first-order valence-corrected chi connectivity index (χ1v) is 34.8. The average molecular weight is 1430 g/mol. The van der Waals surface area contributed by atoms with Crippen LogP contribution in [-0.4, -0.2) is 169 Å². The normalized spacial score (nSPS) is 11.9. The van der Waals surface area contributed by atoms with Gasteiger partial charge >= 0.3 is 6.01 Å². The van der Waals surface area contributed by atoms with E-state index in [4.69, 9.17) is 58.6 Å². The predicted octanol–water partition coefficient (Wildman–Crippen LogP) is 9.89. The Balaban J connectivity index is 0.000000147. The summed E-state index contributed by atoms with van der Waals surface area (Å²) < 4.78 is 70.3. The molecule has 0 spiro atoms. The molecule has 0 radical (unpaired) electrons. The standard InChI is InChI=1S/C26H29N5O4.C24H28N6O4S.C23H22N8O3/c1-34-22-10-21(11-23(13-22)35-9-8-33)31(16-18-2-3-18)20-4-5-24-25(12-20)29-26(15-27-24)19-14-28-30(17-19)6-7-32;1-5-35(31,32)27-8-9-30(19-10-20(33-3)13-21(11-19)34-4)18-6-7-22-23(12-18)28-24(15-25-22)17-14-26-29(2)16-17;1-30-12-14(10-26-30)21-11-25-19-5-4-15(8-20(19)27-21)31(13-22-28-29-23(24)34-22)16-6-17(32-2)9-18(7-16)33-3/h4-5,10-15,17-18,32-33H,2-3,6-9,16H2,1H3;6-7,10-16,27H,5,8-9H2,1-4H3;4-12H,13H2,1-3H3,(H2,24,29). The van der Waals surface area contributed by atoms with Crippen molar-refractivity contribution in [2.24, 2.45) is 20.0 Å². The van der Waals surface area contributed by atoms with Gasteiger partial charge in [-0.3, -0.25) is 29.0 Å². The highest BCUT2D eigenvalue weighted by atomic mass is 32.2. The summed E-state index contributed by atoms with van der Waals surface area (Å²) >= 11 is 0. The minimum Gasteiger partial charge on any atom is -0.497 e. The number of methoxy groups -OCH3 is 5. The fourth-order valence-corrected chi connectivity index (χ4v) is 11.9. The molecule has 0 aliphatic heterocycles. The second-order valence-electron chi connectivity index (χ2n) is 24.0. The minimum atomic E-state index is -3.33. The van der Waals surface area contributed by atoms with Gasteiger partial charge in [-0.1, -0.05) is 5.10 Å². The van der Waals surface area contributed by atoms with E-state index in [-0.39, 0.29) is 44.7 Å². The quantitative estimate of drug-likeness (QED) is 0.0354. The number of anilines is 7. The van der Waals surface area contributed by atoms with E-state index in [1.807, 2.05) is 127 Å². The zero-order valence-corrected chi connectivity index (χ0v) is 59.4. The van der Waals surface area contributed by atoms with Crippen molar-refractivity contribution in [3.8, 4) is 68.3 Å². The molecule has 0 saturated heterocycles. The molecule has 7 heterocycles. The SMILES string of the molecule is CCS(=O)(=O)NCCN(c1cc(OC)cc(OC)c1)c1ccc2ncc(-c3cnn(C)c3)nc2c1.COc1cc(OC)cc(N(Cc2nnc(N)o2)c2ccc3ncc(-c4cnn(C)c4)nc3c2)c1.COc1cc(OCCO)cc(N(CC2CC2)c2ccc3ncc(-c4cnn(CCO)c4)nc3c2)c1. The zero-order chi connectivity index (χ0) is 72.9. The van der Waals surface area contributed by atoms with Crippen molar-refractivity contribution in [1.82, 2.24) is 74.2 Å². The van der Waals surface area contributed by atoms with Crippen LogP contribution in [0, 0.1) is 5.92 Å². The number of nitrogen functional groups attached to an aromatic ring is 1. The molecule has 1 aliphatic rings. The van der Waals surface area contributed by atoms with Gasteiger partial charge < -0.3 is 63.5 Å². The third-order valence-electron chi connectivity index (χ3n) is 16.8. The molecule has 0 atom stereocenters. The van der Waals surface area contributed by atoms with Gasteiger partial charge in [0.25, 0.3) is 0 Å². The maximum atomic E-state index is 12.0. The Bertz CT molecular complexity index is 5180. The summed E-state index contributed by atoms with van der Waals surface area (Å²) in [5.41, 5.74) is 20.2. The van der Waals surface area contributed by atoms with E-state index in [9.17, 15) is 13.5 Å². The van der Waals surface area contributed by atoms with Crippen LogP contribution in [-0.2, 0) is 37.2 Å². The number of aliphatic hydroxyl groups excluding tert-OH is 2. The highest BCUT2D eigenvalue weighted by Crippen LogP contribution is 2.41. The van der Waals surface area contributed by atoms with Crippen LogP contribution < -0.4 is 53.6 Å². The Labute approximate surface area is 599 Å². The van der Waals surface area contributed by atoms with Crippen molar-refractivity contribution < 1.29 is 51.5 Å². The number of hydrogen-bond donors (Lipinski definition) is 4. The van der Waals surface area contributed by atoms with Crippen LogP contribution in [0.15, 0.2) is 169 Å². The van der Waals surface area contributed by atoms with Gasteiger partial charge in [0.05, 0.1) is 148 Å². The second-order valence-corrected chi connectivity index (χ2v) is 26.1. The molecule has 31 heteroatoms. The summed E-state index contributed by atoms with van der Waals surface area (Å²) in [7, 11) is 8.40. The number of nitrogens with two attached hydrogens (primary N) is 1. The first-order chi connectivity index (χ1) is 50.5. The Hall–Kier alpha value is -12.1. The highest BCUT2D eigenvalue weighted by molar-refractivity contribution is 7.89. The highest BCUT2D eigenvalue weighted by Gasteiger charge is 2.27. The molecule has 13 aromatic rings. The number of rotatable bonds is 28. The number of hydrogen-bond acceptors (Lipinski definition) is 26. The number of nitrogens with one attached hydrogen (secondary N) is 1. The molecule has 7 aromatic heterocycles. The maximum absolute atomic E-state index is 12.0. The number of nitrogens with zero attached hydrogens (tertiary/aromatic N) is 17. The van der Waals surface area contributed by atoms with E-state index in [1.54, 1.807) is 106 Å². The van der Waals surface area contributed by atoms with Gasteiger partial charge in [0.2, 0.25) is 15.9 Å². The van der Waals surface area contributed by atoms with Crippen LogP contribution in [0.4, 0.5) is 40.1 Å². The summed E-state index contributed by atoms with van der Waals surface area (Å²) in [5, 5.41) is 38.8. The number of aryl methyl sites for hydroxylation is 2. The summed E-state index contributed by atoms with van der Waals surface area (Å²) in [6.45, 7) is 3.97. The van der Waals surface area contributed by atoms with E-state index in [1.165, 1.54) is 12.8 Å². The van der Waals surface area contributed by atoms with Crippen molar-refractivity contribution in [2.75, 3.05) is 101 Å². The van der Waals surface area contributed by atoms with Gasteiger partial charge in [-0.2, -0.15) is 15.3 Å². The van der Waals surface area contributed by atoms with Crippen LogP contribution in [0.25, 0.3) is 66.9 Å².